The lowest BCUT2D eigenvalue weighted by molar-refractivity contribution is 0.583. The van der Waals surface area contributed by atoms with Crippen molar-refractivity contribution in [2.45, 2.75) is 63.0 Å². The first-order valence-corrected chi connectivity index (χ1v) is 6.04. The Morgan fingerprint density at radius 3 is 2.00 bits per heavy atom. The van der Waals surface area contributed by atoms with Gasteiger partial charge < -0.3 is 0 Å². The molecule has 0 saturated heterocycles. The van der Waals surface area contributed by atoms with Crippen LogP contribution in [0.2, 0.25) is 0 Å². The molecule has 74 valence electrons. The lowest BCUT2D eigenvalue weighted by Gasteiger charge is -2.01. The van der Waals surface area contributed by atoms with E-state index in [9.17, 15) is 0 Å². The molecule has 2 heteroatoms. The van der Waals surface area contributed by atoms with Gasteiger partial charge in [-0.2, -0.15) is 12.6 Å². The molecule has 0 aliphatic heterocycles. The fourth-order valence-corrected chi connectivity index (χ4v) is 1.61. The summed E-state index contributed by atoms with van der Waals surface area (Å²) in [6.45, 7) is 2.25. The predicted molar refractivity (Wildman–Crippen MR) is 61.2 cm³/mol. The molecular weight excluding hydrogens is 188 g/mol. The molecule has 0 aromatic rings. The van der Waals surface area contributed by atoms with Crippen molar-refractivity contribution in [1.82, 2.24) is 0 Å². The Morgan fingerprint density at radius 2 is 1.50 bits per heavy atom. The molecule has 0 aliphatic rings. The Morgan fingerprint density at radius 1 is 1.00 bits per heavy atom. The fourth-order valence-electron chi connectivity index (χ4n) is 1.27. The van der Waals surface area contributed by atoms with E-state index in [2.05, 4.69) is 19.6 Å². The molecule has 0 aliphatic carbocycles. The number of hydrogen-bond acceptors (Lipinski definition) is 1. The summed E-state index contributed by atoms with van der Waals surface area (Å²) in [5, 5.41) is 0. The molecule has 0 fully saturated rings. The maximum atomic E-state index is 5.70. The molecule has 0 aromatic heterocycles. The molecule has 0 radical (unpaired) electrons. The van der Waals surface area contributed by atoms with Crippen LogP contribution in [-0.2, 0) is 0 Å². The van der Waals surface area contributed by atoms with Crippen LogP contribution in [0.4, 0.5) is 0 Å². The third-order valence-corrected chi connectivity index (χ3v) is 2.52. The van der Waals surface area contributed by atoms with Crippen molar-refractivity contribution in [3.63, 3.8) is 0 Å². The highest BCUT2D eigenvalue weighted by Gasteiger charge is 1.96. The largest absolute Gasteiger partial charge is 0.160 e. The highest BCUT2D eigenvalue weighted by atomic mass is 35.5. The summed E-state index contributed by atoms with van der Waals surface area (Å²) in [5.74, 6) is 0. The van der Waals surface area contributed by atoms with Crippen molar-refractivity contribution in [3.05, 3.63) is 0 Å². The Bertz CT molecular complexity index is 83.9. The van der Waals surface area contributed by atoms with Gasteiger partial charge in [0.1, 0.15) is 0 Å². The fraction of sp³-hybridized carbons (Fsp3) is 1.00. The Balaban J connectivity index is 2.82. The van der Waals surface area contributed by atoms with Crippen molar-refractivity contribution in [2.75, 3.05) is 0 Å². The molecule has 0 rings (SSSR count). The molecule has 0 amide bonds. The van der Waals surface area contributed by atoms with Crippen LogP contribution in [0.3, 0.4) is 0 Å². The van der Waals surface area contributed by atoms with Crippen LogP contribution in [0.5, 0.6) is 0 Å². The van der Waals surface area contributed by atoms with E-state index in [1.165, 1.54) is 44.9 Å². The molecule has 0 heterocycles. The third kappa shape index (κ3) is 10.6. The summed E-state index contributed by atoms with van der Waals surface area (Å²) in [6, 6.07) is 0. The van der Waals surface area contributed by atoms with Gasteiger partial charge in [-0.15, -0.1) is 11.6 Å². The van der Waals surface area contributed by atoms with E-state index in [4.69, 9.17) is 11.6 Å². The summed E-state index contributed by atoms with van der Waals surface area (Å²) in [4.78, 5) is 0. The average Bonchev–Trinajstić information content (AvgIpc) is 2.02. The number of rotatable bonds is 8. The van der Waals surface area contributed by atoms with Crippen molar-refractivity contribution in [3.8, 4) is 0 Å². The Kier molecular flexibility index (Phi) is 10.2. The Hall–Kier alpha value is 0.640. The zero-order valence-electron chi connectivity index (χ0n) is 8.06. The van der Waals surface area contributed by atoms with Gasteiger partial charge >= 0.3 is 0 Å². The number of alkyl halides is 1. The quantitative estimate of drug-likeness (QED) is 0.336. The second kappa shape index (κ2) is 9.73. The average molecular weight is 209 g/mol. The van der Waals surface area contributed by atoms with Gasteiger partial charge in [0.25, 0.3) is 0 Å². The van der Waals surface area contributed by atoms with E-state index >= 15 is 0 Å². The van der Waals surface area contributed by atoms with Crippen LogP contribution in [0.25, 0.3) is 0 Å². The minimum atomic E-state index is 0.0700. The van der Waals surface area contributed by atoms with E-state index in [-0.39, 0.29) is 4.71 Å². The van der Waals surface area contributed by atoms with E-state index in [1.54, 1.807) is 0 Å². The van der Waals surface area contributed by atoms with Crippen LogP contribution < -0.4 is 0 Å². The van der Waals surface area contributed by atoms with Crippen molar-refractivity contribution in [1.29, 1.82) is 0 Å². The van der Waals surface area contributed by atoms with Gasteiger partial charge in [0, 0.05) is 0 Å². The second-order valence-corrected chi connectivity index (χ2v) is 4.80. The minimum Gasteiger partial charge on any atom is -0.160 e. The SMILES string of the molecule is CCCCCCCCCC(S)Cl. The summed E-state index contributed by atoms with van der Waals surface area (Å²) in [6.07, 6.45) is 10.5. The molecule has 0 spiro atoms. The number of hydrogen-bond donors (Lipinski definition) is 1. The van der Waals surface area contributed by atoms with E-state index in [1.807, 2.05) is 0 Å². The molecule has 0 nitrogen and oxygen atoms in total. The Labute approximate surface area is 87.5 Å². The van der Waals surface area contributed by atoms with Crippen LogP contribution in [-0.4, -0.2) is 4.71 Å². The van der Waals surface area contributed by atoms with Crippen LogP contribution in [0.15, 0.2) is 0 Å². The molecule has 0 saturated carbocycles. The third-order valence-electron chi connectivity index (χ3n) is 2.05. The lowest BCUT2D eigenvalue weighted by Crippen LogP contribution is -1.87. The smallest absolute Gasteiger partial charge is 0.0759 e. The standard InChI is InChI=1S/C10H21ClS/c1-2-3-4-5-6-7-8-9-10(11)12/h10,12H,2-9H2,1H3. The van der Waals surface area contributed by atoms with Gasteiger partial charge in [0.15, 0.2) is 0 Å². The number of halogens is 1. The van der Waals surface area contributed by atoms with Crippen molar-refractivity contribution < 1.29 is 0 Å². The van der Waals surface area contributed by atoms with Crippen LogP contribution in [0, 0.1) is 0 Å². The first-order valence-electron chi connectivity index (χ1n) is 5.09. The molecule has 0 aromatic carbocycles. The molecular formula is C10H21ClS. The van der Waals surface area contributed by atoms with Gasteiger partial charge in [-0.05, 0) is 6.42 Å². The number of thiol groups is 1. The van der Waals surface area contributed by atoms with Crippen molar-refractivity contribution >= 4 is 24.2 Å². The van der Waals surface area contributed by atoms with Crippen LogP contribution >= 0.6 is 24.2 Å². The second-order valence-electron chi connectivity index (χ2n) is 3.34. The van der Waals surface area contributed by atoms with Gasteiger partial charge in [0.2, 0.25) is 0 Å². The predicted octanol–water partition coefficient (Wildman–Crippen LogP) is 4.62. The molecule has 1 unspecified atom stereocenters. The summed E-state index contributed by atoms with van der Waals surface area (Å²) < 4.78 is 0.0700. The van der Waals surface area contributed by atoms with E-state index in [0.29, 0.717) is 0 Å². The topological polar surface area (TPSA) is 0 Å². The van der Waals surface area contributed by atoms with E-state index < -0.39 is 0 Å². The highest BCUT2D eigenvalue weighted by Crippen LogP contribution is 2.13. The lowest BCUT2D eigenvalue weighted by atomic mass is 10.1. The maximum absolute atomic E-state index is 5.70. The normalized spacial score (nSPS) is 13.2. The van der Waals surface area contributed by atoms with E-state index in [0.717, 1.165) is 6.42 Å². The zero-order chi connectivity index (χ0) is 9.23. The molecule has 0 N–H and O–H groups in total. The maximum Gasteiger partial charge on any atom is 0.0759 e. The molecule has 0 bridgehead atoms. The van der Waals surface area contributed by atoms with Gasteiger partial charge in [-0.25, -0.2) is 0 Å². The zero-order valence-corrected chi connectivity index (χ0v) is 9.71. The molecule has 12 heavy (non-hydrogen) atoms. The number of unbranched alkanes of at least 4 members (excludes halogenated alkanes) is 6. The van der Waals surface area contributed by atoms with Gasteiger partial charge in [-0.1, -0.05) is 51.9 Å². The summed E-state index contributed by atoms with van der Waals surface area (Å²) in [7, 11) is 0. The highest BCUT2D eigenvalue weighted by molar-refractivity contribution is 7.82. The monoisotopic (exact) mass is 208 g/mol. The first kappa shape index (κ1) is 12.6. The van der Waals surface area contributed by atoms with Crippen molar-refractivity contribution in [2.24, 2.45) is 0 Å². The summed E-state index contributed by atoms with van der Waals surface area (Å²) >= 11 is 9.83. The minimum absolute atomic E-state index is 0.0700. The molecule has 1 atom stereocenters. The van der Waals surface area contributed by atoms with Gasteiger partial charge in [0.05, 0.1) is 4.71 Å². The summed E-state index contributed by atoms with van der Waals surface area (Å²) in [5.41, 5.74) is 0. The first-order chi connectivity index (χ1) is 5.77. The van der Waals surface area contributed by atoms with Gasteiger partial charge in [-0.3, -0.25) is 0 Å². The van der Waals surface area contributed by atoms with Crippen LogP contribution in [0.1, 0.15) is 58.3 Å².